The number of pyridine rings is 1. The number of benzene rings is 1. The highest BCUT2D eigenvalue weighted by Gasteiger charge is 2.14. The fourth-order valence-corrected chi connectivity index (χ4v) is 2.38. The summed E-state index contributed by atoms with van der Waals surface area (Å²) in [6.07, 6.45) is 2.76. The Morgan fingerprint density at radius 1 is 1.24 bits per heavy atom. The topological polar surface area (TPSA) is 52.6 Å². The van der Waals surface area contributed by atoms with Crippen LogP contribution in [0.25, 0.3) is 10.8 Å². The summed E-state index contributed by atoms with van der Waals surface area (Å²) in [4.78, 5) is 4.43. The lowest BCUT2D eigenvalue weighted by molar-refractivity contribution is 0.147. The van der Waals surface area contributed by atoms with Gasteiger partial charge in [0.15, 0.2) is 11.5 Å². The van der Waals surface area contributed by atoms with Crippen molar-refractivity contribution in [2.45, 2.75) is 13.3 Å². The SMILES string of the molecule is CCOCCCNc1nccc2cc3c(cc12)OCCO3. The zero-order chi connectivity index (χ0) is 14.5. The molecule has 112 valence electrons. The van der Waals surface area contributed by atoms with Crippen molar-refractivity contribution in [2.75, 3.05) is 38.3 Å². The third-order valence-corrected chi connectivity index (χ3v) is 3.39. The van der Waals surface area contributed by atoms with Crippen LogP contribution < -0.4 is 14.8 Å². The van der Waals surface area contributed by atoms with Crippen LogP contribution in [0, 0.1) is 0 Å². The molecule has 0 radical (unpaired) electrons. The summed E-state index contributed by atoms with van der Waals surface area (Å²) in [6.45, 7) is 5.56. The molecule has 0 atom stereocenters. The molecule has 0 spiro atoms. The fourth-order valence-electron chi connectivity index (χ4n) is 2.38. The van der Waals surface area contributed by atoms with Gasteiger partial charge in [-0.05, 0) is 36.9 Å². The van der Waals surface area contributed by atoms with Crippen LogP contribution in [0.5, 0.6) is 11.5 Å². The molecule has 0 saturated carbocycles. The third-order valence-electron chi connectivity index (χ3n) is 3.39. The fraction of sp³-hybridized carbons (Fsp3) is 0.438. The van der Waals surface area contributed by atoms with Gasteiger partial charge in [-0.15, -0.1) is 0 Å². The highest BCUT2D eigenvalue weighted by atomic mass is 16.6. The second kappa shape index (κ2) is 6.63. The van der Waals surface area contributed by atoms with Crippen molar-refractivity contribution in [2.24, 2.45) is 0 Å². The Kier molecular flexibility index (Phi) is 4.40. The zero-order valence-corrected chi connectivity index (χ0v) is 12.2. The Morgan fingerprint density at radius 2 is 2.05 bits per heavy atom. The molecule has 0 bridgehead atoms. The van der Waals surface area contributed by atoms with Gasteiger partial charge in [0.25, 0.3) is 0 Å². The maximum atomic E-state index is 5.64. The van der Waals surface area contributed by atoms with Crippen LogP contribution >= 0.6 is 0 Å². The smallest absolute Gasteiger partial charge is 0.162 e. The molecule has 2 heterocycles. The number of nitrogens with one attached hydrogen (secondary N) is 1. The molecule has 0 saturated heterocycles. The van der Waals surface area contributed by atoms with E-state index in [1.807, 2.05) is 31.3 Å². The number of anilines is 1. The van der Waals surface area contributed by atoms with Crippen molar-refractivity contribution in [3.8, 4) is 11.5 Å². The molecule has 0 fully saturated rings. The quantitative estimate of drug-likeness (QED) is 0.828. The number of fused-ring (bicyclic) bond motifs is 2. The second-order valence-corrected chi connectivity index (χ2v) is 4.85. The standard InChI is InChI=1S/C16H20N2O3/c1-2-19-7-3-5-17-16-13-11-15-14(20-8-9-21-15)10-12(13)4-6-18-16/h4,6,10-11H,2-3,5,7-9H2,1H3,(H,17,18). The van der Waals surface area contributed by atoms with E-state index in [1.54, 1.807) is 0 Å². The van der Waals surface area contributed by atoms with E-state index >= 15 is 0 Å². The van der Waals surface area contributed by atoms with Crippen molar-refractivity contribution >= 4 is 16.6 Å². The summed E-state index contributed by atoms with van der Waals surface area (Å²) in [6, 6.07) is 6.00. The molecule has 3 rings (SSSR count). The lowest BCUT2D eigenvalue weighted by atomic mass is 10.1. The molecule has 0 amide bonds. The van der Waals surface area contributed by atoms with Crippen molar-refractivity contribution in [3.63, 3.8) is 0 Å². The first-order valence-electron chi connectivity index (χ1n) is 7.38. The molecule has 5 nitrogen and oxygen atoms in total. The van der Waals surface area contributed by atoms with E-state index in [4.69, 9.17) is 14.2 Å². The number of hydrogen-bond acceptors (Lipinski definition) is 5. The monoisotopic (exact) mass is 288 g/mol. The summed E-state index contributed by atoms with van der Waals surface area (Å²) >= 11 is 0. The van der Waals surface area contributed by atoms with Crippen LogP contribution in [0.2, 0.25) is 0 Å². The molecule has 1 aromatic carbocycles. The first-order chi connectivity index (χ1) is 10.4. The van der Waals surface area contributed by atoms with Crippen LogP contribution in [-0.2, 0) is 4.74 Å². The van der Waals surface area contributed by atoms with E-state index in [2.05, 4.69) is 10.3 Å². The van der Waals surface area contributed by atoms with Crippen LogP contribution in [0.1, 0.15) is 13.3 Å². The van der Waals surface area contributed by atoms with Gasteiger partial charge in [0.05, 0.1) is 0 Å². The van der Waals surface area contributed by atoms with Gasteiger partial charge in [-0.3, -0.25) is 0 Å². The van der Waals surface area contributed by atoms with E-state index in [-0.39, 0.29) is 0 Å². The normalized spacial score (nSPS) is 13.4. The predicted octanol–water partition coefficient (Wildman–Crippen LogP) is 2.84. The minimum Gasteiger partial charge on any atom is -0.486 e. The van der Waals surface area contributed by atoms with E-state index in [9.17, 15) is 0 Å². The Bertz CT molecular complexity index is 616. The summed E-state index contributed by atoms with van der Waals surface area (Å²) in [5.74, 6) is 2.47. The summed E-state index contributed by atoms with van der Waals surface area (Å²) in [7, 11) is 0. The van der Waals surface area contributed by atoms with E-state index < -0.39 is 0 Å². The summed E-state index contributed by atoms with van der Waals surface area (Å²) < 4.78 is 16.6. The van der Waals surface area contributed by atoms with Crippen molar-refractivity contribution in [1.82, 2.24) is 4.98 Å². The Balaban J connectivity index is 1.78. The lowest BCUT2D eigenvalue weighted by Gasteiger charge is -2.19. The average Bonchev–Trinajstić information content (AvgIpc) is 2.53. The van der Waals surface area contributed by atoms with Gasteiger partial charge in [-0.25, -0.2) is 4.98 Å². The average molecular weight is 288 g/mol. The van der Waals surface area contributed by atoms with Gasteiger partial charge >= 0.3 is 0 Å². The predicted molar refractivity (Wildman–Crippen MR) is 82.3 cm³/mol. The van der Waals surface area contributed by atoms with Crippen molar-refractivity contribution in [3.05, 3.63) is 24.4 Å². The lowest BCUT2D eigenvalue weighted by Crippen LogP contribution is -2.15. The van der Waals surface area contributed by atoms with Gasteiger partial charge in [-0.2, -0.15) is 0 Å². The van der Waals surface area contributed by atoms with Crippen molar-refractivity contribution < 1.29 is 14.2 Å². The zero-order valence-electron chi connectivity index (χ0n) is 12.2. The van der Waals surface area contributed by atoms with Crippen LogP contribution in [0.3, 0.4) is 0 Å². The third kappa shape index (κ3) is 3.19. The molecule has 5 heteroatoms. The Labute approximate surface area is 124 Å². The Hall–Kier alpha value is -2.01. The van der Waals surface area contributed by atoms with Gasteiger partial charge in [-0.1, -0.05) is 0 Å². The molecule has 1 aromatic heterocycles. The minimum absolute atomic E-state index is 0.593. The highest BCUT2D eigenvalue weighted by molar-refractivity contribution is 5.94. The molecule has 0 unspecified atom stereocenters. The van der Waals surface area contributed by atoms with Crippen LogP contribution in [-0.4, -0.2) is 38.0 Å². The van der Waals surface area contributed by atoms with Gasteiger partial charge in [0.2, 0.25) is 0 Å². The second-order valence-electron chi connectivity index (χ2n) is 4.85. The molecule has 2 aromatic rings. The number of rotatable bonds is 6. The molecular formula is C16H20N2O3. The maximum absolute atomic E-state index is 5.64. The minimum atomic E-state index is 0.593. The van der Waals surface area contributed by atoms with Gasteiger partial charge in [0.1, 0.15) is 19.0 Å². The maximum Gasteiger partial charge on any atom is 0.162 e. The first kappa shape index (κ1) is 13.9. The summed E-state index contributed by atoms with van der Waals surface area (Å²) in [5.41, 5.74) is 0. The molecule has 21 heavy (non-hydrogen) atoms. The van der Waals surface area contributed by atoms with Gasteiger partial charge < -0.3 is 19.5 Å². The van der Waals surface area contributed by atoms with E-state index in [0.717, 1.165) is 54.3 Å². The number of nitrogens with zero attached hydrogens (tertiary/aromatic N) is 1. The molecule has 1 N–H and O–H groups in total. The first-order valence-corrected chi connectivity index (χ1v) is 7.38. The summed E-state index contributed by atoms with van der Waals surface area (Å²) in [5, 5.41) is 5.52. The molecule has 0 aliphatic carbocycles. The Morgan fingerprint density at radius 3 is 2.86 bits per heavy atom. The van der Waals surface area contributed by atoms with Crippen molar-refractivity contribution in [1.29, 1.82) is 0 Å². The number of ether oxygens (including phenoxy) is 3. The van der Waals surface area contributed by atoms with Gasteiger partial charge in [0, 0.05) is 31.3 Å². The molecular weight excluding hydrogens is 268 g/mol. The van der Waals surface area contributed by atoms with E-state index in [1.165, 1.54) is 0 Å². The highest BCUT2D eigenvalue weighted by Crippen LogP contribution is 2.36. The molecule has 1 aliphatic rings. The number of hydrogen-bond donors (Lipinski definition) is 1. The van der Waals surface area contributed by atoms with E-state index in [0.29, 0.717) is 13.2 Å². The largest absolute Gasteiger partial charge is 0.486 e. The van der Waals surface area contributed by atoms with Crippen LogP contribution in [0.15, 0.2) is 24.4 Å². The number of aromatic nitrogens is 1. The molecule has 1 aliphatic heterocycles. The van der Waals surface area contributed by atoms with Crippen LogP contribution in [0.4, 0.5) is 5.82 Å².